The fourth-order valence-corrected chi connectivity index (χ4v) is 1.93. The van der Waals surface area contributed by atoms with E-state index in [2.05, 4.69) is 5.32 Å². The fraction of sp³-hybridized carbons (Fsp3) is 0.600. The number of carboxylic acid groups (broad SMARTS) is 2. The first-order chi connectivity index (χ1) is 6.93. The Morgan fingerprint density at radius 1 is 1.40 bits per heavy atom. The minimum absolute atomic E-state index is 0.134. The van der Waals surface area contributed by atoms with Gasteiger partial charge in [-0.25, -0.2) is 0 Å². The van der Waals surface area contributed by atoms with Crippen molar-refractivity contribution in [3.05, 3.63) is 11.1 Å². The van der Waals surface area contributed by atoms with Gasteiger partial charge in [-0.05, 0) is 13.8 Å². The van der Waals surface area contributed by atoms with Crippen molar-refractivity contribution >= 4 is 11.9 Å². The normalized spacial score (nSPS) is 25.3. The van der Waals surface area contributed by atoms with Crippen molar-refractivity contribution in [2.75, 3.05) is 6.54 Å². The lowest BCUT2D eigenvalue weighted by molar-refractivity contribution is -0.141. The molecule has 15 heavy (non-hydrogen) atoms. The highest BCUT2D eigenvalue weighted by Crippen LogP contribution is 2.27. The summed E-state index contributed by atoms with van der Waals surface area (Å²) in [7, 11) is 0. The highest BCUT2D eigenvalue weighted by molar-refractivity contribution is 5.77. The first-order valence-corrected chi connectivity index (χ1v) is 4.77. The summed E-state index contributed by atoms with van der Waals surface area (Å²) in [5, 5.41) is 20.5. The van der Waals surface area contributed by atoms with Gasteiger partial charge in [-0.15, -0.1) is 0 Å². The molecule has 1 rings (SSSR count). The average molecular weight is 213 g/mol. The molecule has 5 nitrogen and oxygen atoms in total. The Kier molecular flexibility index (Phi) is 3.47. The van der Waals surface area contributed by atoms with Gasteiger partial charge in [0.15, 0.2) is 0 Å². The quantitative estimate of drug-likeness (QED) is 0.593. The lowest BCUT2D eigenvalue weighted by Gasteiger charge is -2.15. The largest absolute Gasteiger partial charge is 0.481 e. The van der Waals surface area contributed by atoms with Crippen LogP contribution in [0.4, 0.5) is 0 Å². The monoisotopic (exact) mass is 213 g/mol. The predicted octanol–water partition coefficient (Wildman–Crippen LogP) is 0.470. The Bertz CT molecular complexity index is 317. The van der Waals surface area contributed by atoms with Gasteiger partial charge in [-0.2, -0.15) is 0 Å². The van der Waals surface area contributed by atoms with Crippen LogP contribution in [0.5, 0.6) is 0 Å². The zero-order chi connectivity index (χ0) is 11.6. The Labute approximate surface area is 87.8 Å². The van der Waals surface area contributed by atoms with Crippen molar-refractivity contribution in [1.29, 1.82) is 0 Å². The highest BCUT2D eigenvalue weighted by Gasteiger charge is 2.37. The molecule has 1 heterocycles. The molecule has 0 aromatic heterocycles. The summed E-state index contributed by atoms with van der Waals surface area (Å²) in [6.07, 6.45) is -0.134. The van der Waals surface area contributed by atoms with Crippen LogP contribution in [0, 0.1) is 5.92 Å². The van der Waals surface area contributed by atoms with E-state index in [0.29, 0.717) is 6.54 Å². The van der Waals surface area contributed by atoms with Crippen molar-refractivity contribution in [1.82, 2.24) is 5.32 Å². The van der Waals surface area contributed by atoms with Gasteiger partial charge >= 0.3 is 11.9 Å². The van der Waals surface area contributed by atoms with E-state index in [1.165, 1.54) is 0 Å². The number of allylic oxidation sites excluding steroid dienone is 1. The Hall–Kier alpha value is -1.36. The molecule has 0 aliphatic carbocycles. The summed E-state index contributed by atoms with van der Waals surface area (Å²) in [5.74, 6) is -2.38. The van der Waals surface area contributed by atoms with Crippen molar-refractivity contribution < 1.29 is 19.8 Å². The molecule has 1 aliphatic heterocycles. The lowest BCUT2D eigenvalue weighted by atomic mass is 9.90. The molecule has 3 N–H and O–H groups in total. The first-order valence-electron chi connectivity index (χ1n) is 4.77. The van der Waals surface area contributed by atoms with Crippen LogP contribution in [0.1, 0.15) is 20.3 Å². The number of rotatable bonds is 3. The van der Waals surface area contributed by atoms with Gasteiger partial charge in [0.25, 0.3) is 0 Å². The van der Waals surface area contributed by atoms with E-state index in [4.69, 9.17) is 10.2 Å². The van der Waals surface area contributed by atoms with E-state index in [0.717, 1.165) is 11.1 Å². The van der Waals surface area contributed by atoms with Gasteiger partial charge in [-0.1, -0.05) is 11.1 Å². The van der Waals surface area contributed by atoms with E-state index in [1.807, 2.05) is 13.8 Å². The number of hydrogen-bond acceptors (Lipinski definition) is 3. The third-order valence-electron chi connectivity index (χ3n) is 2.67. The van der Waals surface area contributed by atoms with Crippen molar-refractivity contribution in [2.24, 2.45) is 5.92 Å². The molecule has 5 heteroatoms. The summed E-state index contributed by atoms with van der Waals surface area (Å²) in [6.45, 7) is 4.21. The summed E-state index contributed by atoms with van der Waals surface area (Å²) >= 11 is 0. The molecule has 84 valence electrons. The molecule has 1 fully saturated rings. The van der Waals surface area contributed by atoms with Crippen molar-refractivity contribution in [3.8, 4) is 0 Å². The third-order valence-corrected chi connectivity index (χ3v) is 2.67. The van der Waals surface area contributed by atoms with Gasteiger partial charge in [0.2, 0.25) is 0 Å². The Morgan fingerprint density at radius 3 is 2.40 bits per heavy atom. The molecule has 0 spiro atoms. The summed E-state index contributed by atoms with van der Waals surface area (Å²) < 4.78 is 0. The standard InChI is InChI=1S/C10H15NO4/c1-5(2)7-4-11-9(10(14)15)6(7)3-8(12)13/h6,9,11H,3-4H2,1-2H3,(H,12,13)(H,14,15). The Morgan fingerprint density at radius 2 is 2.00 bits per heavy atom. The van der Waals surface area contributed by atoms with Crippen LogP contribution < -0.4 is 5.32 Å². The van der Waals surface area contributed by atoms with Crippen LogP contribution in [0.3, 0.4) is 0 Å². The topological polar surface area (TPSA) is 86.6 Å². The van der Waals surface area contributed by atoms with Gasteiger partial charge in [0.1, 0.15) is 6.04 Å². The number of hydrogen-bond donors (Lipinski definition) is 3. The molecule has 1 aliphatic rings. The van der Waals surface area contributed by atoms with Crippen LogP contribution in [-0.4, -0.2) is 34.7 Å². The number of nitrogens with one attached hydrogen (secondary N) is 1. The molecule has 0 radical (unpaired) electrons. The lowest BCUT2D eigenvalue weighted by Crippen LogP contribution is -2.36. The average Bonchev–Trinajstić information content (AvgIpc) is 2.46. The van der Waals surface area contributed by atoms with E-state index < -0.39 is 23.9 Å². The van der Waals surface area contributed by atoms with E-state index >= 15 is 0 Å². The van der Waals surface area contributed by atoms with Gasteiger partial charge in [-0.3, -0.25) is 9.59 Å². The van der Waals surface area contributed by atoms with Crippen LogP contribution >= 0.6 is 0 Å². The molecular weight excluding hydrogens is 198 g/mol. The molecule has 1 saturated heterocycles. The fourth-order valence-electron chi connectivity index (χ4n) is 1.93. The minimum atomic E-state index is -0.988. The highest BCUT2D eigenvalue weighted by atomic mass is 16.4. The molecule has 0 aromatic rings. The molecule has 0 bridgehead atoms. The number of aliphatic carboxylic acids is 2. The van der Waals surface area contributed by atoms with Gasteiger partial charge in [0, 0.05) is 12.5 Å². The SMILES string of the molecule is CC(C)=C1CNC(C(=O)O)C1CC(=O)O. The third kappa shape index (κ3) is 2.56. The summed E-state index contributed by atoms with van der Waals surface area (Å²) in [5.41, 5.74) is 1.90. The van der Waals surface area contributed by atoms with Gasteiger partial charge in [0.05, 0.1) is 6.42 Å². The van der Waals surface area contributed by atoms with Gasteiger partial charge < -0.3 is 15.5 Å². The molecule has 0 amide bonds. The second-order valence-corrected chi connectivity index (χ2v) is 3.93. The van der Waals surface area contributed by atoms with Crippen LogP contribution in [-0.2, 0) is 9.59 Å². The van der Waals surface area contributed by atoms with Crippen molar-refractivity contribution in [2.45, 2.75) is 26.3 Å². The van der Waals surface area contributed by atoms with E-state index in [1.54, 1.807) is 0 Å². The first kappa shape index (κ1) is 11.7. The molecular formula is C10H15NO4. The molecule has 2 atom stereocenters. The maximum atomic E-state index is 10.9. The maximum Gasteiger partial charge on any atom is 0.321 e. The second kappa shape index (κ2) is 4.44. The maximum absolute atomic E-state index is 10.9. The van der Waals surface area contributed by atoms with Crippen molar-refractivity contribution in [3.63, 3.8) is 0 Å². The predicted molar refractivity (Wildman–Crippen MR) is 53.5 cm³/mol. The number of carboxylic acids is 2. The van der Waals surface area contributed by atoms with E-state index in [9.17, 15) is 9.59 Å². The summed E-state index contributed by atoms with van der Waals surface area (Å²) in [4.78, 5) is 21.5. The summed E-state index contributed by atoms with van der Waals surface area (Å²) in [6, 6.07) is -0.772. The van der Waals surface area contributed by atoms with Crippen LogP contribution in [0.25, 0.3) is 0 Å². The zero-order valence-electron chi connectivity index (χ0n) is 8.78. The number of carbonyl (C=O) groups is 2. The molecule has 0 aromatic carbocycles. The minimum Gasteiger partial charge on any atom is -0.481 e. The Balaban J connectivity index is 2.93. The van der Waals surface area contributed by atoms with E-state index in [-0.39, 0.29) is 6.42 Å². The van der Waals surface area contributed by atoms with Crippen LogP contribution in [0.2, 0.25) is 0 Å². The molecule has 0 saturated carbocycles. The second-order valence-electron chi connectivity index (χ2n) is 3.93. The smallest absolute Gasteiger partial charge is 0.321 e. The molecule has 2 unspecified atom stereocenters. The van der Waals surface area contributed by atoms with Crippen LogP contribution in [0.15, 0.2) is 11.1 Å². The zero-order valence-corrected chi connectivity index (χ0v) is 8.78.